The van der Waals surface area contributed by atoms with Crippen LogP contribution in [0, 0.1) is 0 Å². The van der Waals surface area contributed by atoms with Gasteiger partial charge in [0.25, 0.3) is 0 Å². The molecule has 4 heteroatoms. The fourth-order valence-corrected chi connectivity index (χ4v) is 11.2. The van der Waals surface area contributed by atoms with Gasteiger partial charge < -0.3 is 4.42 Å². The molecule has 0 fully saturated rings. The molecule has 316 valence electrons. The van der Waals surface area contributed by atoms with E-state index in [1.165, 1.54) is 55.6 Å². The number of hydrogen-bond acceptors (Lipinski definition) is 4. The second-order valence-corrected chi connectivity index (χ2v) is 17.8. The lowest BCUT2D eigenvalue weighted by atomic mass is 9.66. The molecule has 12 aromatic rings. The first-order valence-electron chi connectivity index (χ1n) is 23.2. The second-order valence-electron chi connectivity index (χ2n) is 17.8. The molecule has 0 saturated carbocycles. The number of rotatable bonds is 5. The molecule has 2 aromatic heterocycles. The number of nitrogens with zero attached hydrogens (tertiary/aromatic N) is 3. The molecular weight excluding hydrogens is 827 g/mol. The summed E-state index contributed by atoms with van der Waals surface area (Å²) in [6, 6.07) is 84.9. The highest BCUT2D eigenvalue weighted by molar-refractivity contribution is 6.06. The van der Waals surface area contributed by atoms with E-state index < -0.39 is 5.41 Å². The molecule has 4 nitrogen and oxygen atoms in total. The van der Waals surface area contributed by atoms with E-state index in [0.29, 0.717) is 17.5 Å². The quantitative estimate of drug-likeness (QED) is 0.173. The molecule has 2 aliphatic carbocycles. The van der Waals surface area contributed by atoms with Crippen LogP contribution < -0.4 is 0 Å². The van der Waals surface area contributed by atoms with Crippen LogP contribution in [0.15, 0.2) is 241 Å². The third-order valence-electron chi connectivity index (χ3n) is 14.1. The number of hydrogen-bond donors (Lipinski definition) is 0. The van der Waals surface area contributed by atoms with Gasteiger partial charge in [0.2, 0.25) is 0 Å². The molecule has 0 saturated heterocycles. The molecule has 14 rings (SSSR count). The lowest BCUT2D eigenvalue weighted by molar-refractivity contribution is 0.669. The highest BCUT2D eigenvalue weighted by Crippen LogP contribution is 2.61. The van der Waals surface area contributed by atoms with Gasteiger partial charge in [-0.3, -0.25) is 0 Å². The van der Waals surface area contributed by atoms with Crippen LogP contribution >= 0.6 is 0 Å². The van der Waals surface area contributed by atoms with E-state index in [4.69, 9.17) is 19.4 Å². The summed E-state index contributed by atoms with van der Waals surface area (Å²) in [7, 11) is 0. The Hall–Kier alpha value is -8.99. The predicted octanol–water partition coefficient (Wildman–Crippen LogP) is 16.1. The van der Waals surface area contributed by atoms with Crippen molar-refractivity contribution < 1.29 is 4.42 Å². The van der Waals surface area contributed by atoms with Crippen LogP contribution in [-0.2, 0) is 5.41 Å². The summed E-state index contributed by atoms with van der Waals surface area (Å²) in [6.45, 7) is 0. The van der Waals surface area contributed by atoms with Crippen LogP contribution in [0.2, 0.25) is 0 Å². The number of furan rings is 1. The molecule has 0 N–H and O–H groups in total. The topological polar surface area (TPSA) is 51.8 Å². The van der Waals surface area contributed by atoms with E-state index in [9.17, 15) is 0 Å². The van der Waals surface area contributed by atoms with Gasteiger partial charge in [-0.05, 0) is 126 Å². The minimum absolute atomic E-state index is 0.586. The van der Waals surface area contributed by atoms with Crippen molar-refractivity contribution in [2.75, 3.05) is 0 Å². The lowest BCUT2D eigenvalue weighted by Crippen LogP contribution is -2.29. The van der Waals surface area contributed by atoms with E-state index >= 15 is 0 Å². The van der Waals surface area contributed by atoms with E-state index in [1.54, 1.807) is 0 Å². The maximum absolute atomic E-state index is 6.29. The Bertz CT molecular complexity index is 3860. The van der Waals surface area contributed by atoms with Crippen LogP contribution in [0.3, 0.4) is 0 Å². The van der Waals surface area contributed by atoms with Crippen LogP contribution in [0.4, 0.5) is 0 Å². The summed E-state index contributed by atoms with van der Waals surface area (Å²) >= 11 is 0. The minimum atomic E-state index is -0.644. The maximum atomic E-state index is 6.29. The Morgan fingerprint density at radius 3 is 1.25 bits per heavy atom. The summed E-state index contributed by atoms with van der Waals surface area (Å²) in [5, 5.41) is 2.07. The van der Waals surface area contributed by atoms with Crippen LogP contribution in [0.5, 0.6) is 0 Å². The molecule has 0 radical (unpaired) electrons. The summed E-state index contributed by atoms with van der Waals surface area (Å²) in [6.07, 6.45) is 0. The van der Waals surface area contributed by atoms with Gasteiger partial charge in [-0.15, -0.1) is 0 Å². The van der Waals surface area contributed by atoms with Crippen LogP contribution in [0.25, 0.3) is 112 Å². The number of para-hydroxylation sites is 1. The normalized spacial score (nSPS) is 12.8. The molecule has 2 aliphatic rings. The van der Waals surface area contributed by atoms with E-state index in [-0.39, 0.29) is 0 Å². The fraction of sp³-hybridized carbons (Fsp3) is 0.0156. The molecule has 0 bridgehead atoms. The zero-order valence-corrected chi connectivity index (χ0v) is 36.8. The Morgan fingerprint density at radius 2 is 0.662 bits per heavy atom. The van der Waals surface area contributed by atoms with Crippen LogP contribution in [-0.4, -0.2) is 15.0 Å². The van der Waals surface area contributed by atoms with Crippen molar-refractivity contribution in [3.63, 3.8) is 0 Å². The average molecular weight is 866 g/mol. The van der Waals surface area contributed by atoms with Gasteiger partial charge in [-0.25, -0.2) is 15.0 Å². The summed E-state index contributed by atoms with van der Waals surface area (Å²) < 4.78 is 6.29. The lowest BCUT2D eigenvalue weighted by Gasteiger charge is -2.35. The molecular formula is C64H39N3O. The number of fused-ring (bicyclic) bond motifs is 15. The van der Waals surface area contributed by atoms with Gasteiger partial charge in [-0.2, -0.15) is 0 Å². The molecule has 10 aromatic carbocycles. The first-order valence-corrected chi connectivity index (χ1v) is 23.2. The van der Waals surface area contributed by atoms with Crippen molar-refractivity contribution in [2.24, 2.45) is 0 Å². The molecule has 0 unspecified atom stereocenters. The molecule has 0 amide bonds. The number of aromatic nitrogens is 3. The van der Waals surface area contributed by atoms with Crippen molar-refractivity contribution in [1.82, 2.24) is 15.0 Å². The maximum Gasteiger partial charge on any atom is 0.164 e. The molecule has 1 spiro atoms. The predicted molar refractivity (Wildman–Crippen MR) is 276 cm³/mol. The zero-order valence-electron chi connectivity index (χ0n) is 36.8. The monoisotopic (exact) mass is 865 g/mol. The second kappa shape index (κ2) is 15.0. The first kappa shape index (κ1) is 38.3. The van der Waals surface area contributed by atoms with Gasteiger partial charge in [-0.1, -0.05) is 188 Å². The van der Waals surface area contributed by atoms with E-state index in [2.05, 4.69) is 218 Å². The van der Waals surface area contributed by atoms with Gasteiger partial charge >= 0.3 is 0 Å². The number of benzene rings is 10. The van der Waals surface area contributed by atoms with E-state index in [0.717, 1.165) is 60.9 Å². The third kappa shape index (κ3) is 5.77. The van der Waals surface area contributed by atoms with Crippen LogP contribution in [0.1, 0.15) is 22.3 Å². The van der Waals surface area contributed by atoms with E-state index in [1.807, 2.05) is 18.2 Å². The minimum Gasteiger partial charge on any atom is -0.456 e. The smallest absolute Gasteiger partial charge is 0.164 e. The van der Waals surface area contributed by atoms with Gasteiger partial charge in [0, 0.05) is 27.5 Å². The van der Waals surface area contributed by atoms with Crippen molar-refractivity contribution in [3.8, 4) is 89.8 Å². The Labute approximate surface area is 393 Å². The fourth-order valence-electron chi connectivity index (χ4n) is 11.2. The standard InChI is InChI=1S/C64H39N3O/c1-3-17-40(18-4-1)44-35-45(41-19-5-2-6-20-41)37-46(36-44)63-66-61(42-32-34-60-54(38-42)53-26-12-16-30-59(53)68-60)65-62(67-63)43-31-33-52-51-25-11-15-29-57(51)64(58(52)39-43)55-27-13-9-23-49(55)47-21-7-8-22-48(47)50-24-10-14-28-56(50)64/h1-39H. The van der Waals surface area contributed by atoms with Crippen molar-refractivity contribution in [3.05, 3.63) is 259 Å². The third-order valence-corrected chi connectivity index (χ3v) is 14.1. The van der Waals surface area contributed by atoms with Gasteiger partial charge in [0.05, 0.1) is 5.41 Å². The van der Waals surface area contributed by atoms with Crippen molar-refractivity contribution in [2.45, 2.75) is 5.41 Å². The SMILES string of the molecule is c1ccc(-c2cc(-c3ccccc3)cc(-c3nc(-c4ccc5c(c4)C4(c6ccccc6-c6ccccc6-c6ccccc64)c4ccccc4-5)nc(-c4ccc5oc6ccccc6c5c4)n3)c2)cc1. The summed E-state index contributed by atoms with van der Waals surface area (Å²) in [5.74, 6) is 1.78. The Balaban J connectivity index is 1.04. The Kier molecular flexibility index (Phi) is 8.46. The summed E-state index contributed by atoms with van der Waals surface area (Å²) in [5.41, 5.74) is 20.5. The highest BCUT2D eigenvalue weighted by Gasteiger charge is 2.49. The molecule has 0 aliphatic heterocycles. The van der Waals surface area contributed by atoms with Crippen molar-refractivity contribution >= 4 is 21.9 Å². The molecule has 2 heterocycles. The zero-order chi connectivity index (χ0) is 44.8. The van der Waals surface area contributed by atoms with Gasteiger partial charge in [0.15, 0.2) is 17.5 Å². The Morgan fingerprint density at radius 1 is 0.250 bits per heavy atom. The molecule has 68 heavy (non-hydrogen) atoms. The first-order chi connectivity index (χ1) is 33.7. The van der Waals surface area contributed by atoms with Crippen molar-refractivity contribution in [1.29, 1.82) is 0 Å². The highest BCUT2D eigenvalue weighted by atomic mass is 16.3. The summed E-state index contributed by atoms with van der Waals surface area (Å²) in [4.78, 5) is 16.3. The molecule has 0 atom stereocenters. The largest absolute Gasteiger partial charge is 0.456 e. The average Bonchev–Trinajstić information content (AvgIpc) is 3.90. The van der Waals surface area contributed by atoms with Gasteiger partial charge in [0.1, 0.15) is 11.2 Å².